The molecule has 0 radical (unpaired) electrons. The fraction of sp³-hybridized carbons (Fsp3) is 0.0370. The Labute approximate surface area is 174 Å². The second-order valence-corrected chi connectivity index (χ2v) is 7.87. The maximum absolute atomic E-state index is 6.69. The third-order valence-corrected chi connectivity index (χ3v) is 6.21. The summed E-state index contributed by atoms with van der Waals surface area (Å²) in [7, 11) is 0. The van der Waals surface area contributed by atoms with Crippen molar-refractivity contribution >= 4 is 33.1 Å². The summed E-state index contributed by atoms with van der Waals surface area (Å²) in [6, 6.07) is 33.6. The number of halogens is 1. The van der Waals surface area contributed by atoms with Gasteiger partial charge in [-0.05, 0) is 22.4 Å². The van der Waals surface area contributed by atoms with Gasteiger partial charge in [-0.2, -0.15) is 0 Å². The lowest BCUT2D eigenvalue weighted by Gasteiger charge is -2.31. The van der Waals surface area contributed by atoms with Gasteiger partial charge in [-0.25, -0.2) is 0 Å². The molecule has 0 unspecified atom stereocenters. The molecule has 0 atom stereocenters. The number of benzene rings is 5. The lowest BCUT2D eigenvalue weighted by atomic mass is 9.80. The van der Waals surface area contributed by atoms with Crippen molar-refractivity contribution in [3.63, 3.8) is 0 Å². The van der Waals surface area contributed by atoms with E-state index in [0.717, 1.165) is 44.0 Å². The van der Waals surface area contributed by atoms with E-state index in [9.17, 15) is 0 Å². The topological polar surface area (TPSA) is 9.23 Å². The molecule has 1 aliphatic rings. The van der Waals surface area contributed by atoms with Gasteiger partial charge in [-0.15, -0.1) is 0 Å². The molecule has 0 fully saturated rings. The second kappa shape index (κ2) is 6.37. The molecule has 0 saturated carbocycles. The van der Waals surface area contributed by atoms with Crippen molar-refractivity contribution in [3.8, 4) is 11.5 Å². The Bertz CT molecular complexity index is 1320. The van der Waals surface area contributed by atoms with E-state index >= 15 is 0 Å². The third kappa shape index (κ3) is 2.48. The molecule has 29 heavy (non-hydrogen) atoms. The highest BCUT2D eigenvalue weighted by Crippen LogP contribution is 2.52. The Balaban J connectivity index is 1.74. The van der Waals surface area contributed by atoms with Gasteiger partial charge in [-0.3, -0.25) is 0 Å². The molecule has 0 aliphatic carbocycles. The van der Waals surface area contributed by atoms with Crippen molar-refractivity contribution in [2.45, 2.75) is 5.92 Å². The van der Waals surface area contributed by atoms with Crippen LogP contribution in [0, 0.1) is 0 Å². The van der Waals surface area contributed by atoms with Crippen LogP contribution in [0.1, 0.15) is 22.6 Å². The van der Waals surface area contributed by atoms with E-state index in [1.165, 1.54) is 10.8 Å². The third-order valence-electron chi connectivity index (χ3n) is 5.86. The first-order chi connectivity index (χ1) is 14.3. The Morgan fingerprint density at radius 1 is 0.517 bits per heavy atom. The molecule has 6 rings (SSSR count). The van der Waals surface area contributed by atoms with Crippen LogP contribution in [0.4, 0.5) is 0 Å². The largest absolute Gasteiger partial charge is 0.455 e. The SMILES string of the molecule is Clc1ccccc1C1c2ccc3ccccc3c2Oc2c1ccc1ccccc21. The van der Waals surface area contributed by atoms with Crippen molar-refractivity contribution in [2.75, 3.05) is 0 Å². The maximum atomic E-state index is 6.69. The van der Waals surface area contributed by atoms with E-state index in [2.05, 4.69) is 84.9 Å². The van der Waals surface area contributed by atoms with Crippen molar-refractivity contribution in [3.05, 3.63) is 119 Å². The zero-order valence-electron chi connectivity index (χ0n) is 15.6. The quantitative estimate of drug-likeness (QED) is 0.276. The van der Waals surface area contributed by atoms with Gasteiger partial charge >= 0.3 is 0 Å². The molecule has 5 aromatic carbocycles. The predicted molar refractivity (Wildman–Crippen MR) is 120 cm³/mol. The summed E-state index contributed by atoms with van der Waals surface area (Å²) in [5, 5.41) is 5.37. The molecule has 5 aromatic rings. The highest BCUT2D eigenvalue weighted by Gasteiger charge is 2.32. The smallest absolute Gasteiger partial charge is 0.139 e. The zero-order chi connectivity index (χ0) is 19.4. The summed E-state index contributed by atoms with van der Waals surface area (Å²) < 4.78 is 6.65. The lowest BCUT2D eigenvalue weighted by molar-refractivity contribution is 0.464. The first kappa shape index (κ1) is 16.6. The molecule has 1 nitrogen and oxygen atoms in total. The van der Waals surface area contributed by atoms with Gasteiger partial charge in [0.25, 0.3) is 0 Å². The molecular formula is C27H17ClO. The minimum atomic E-state index is 0.0247. The number of hydrogen-bond acceptors (Lipinski definition) is 1. The Morgan fingerprint density at radius 2 is 1.03 bits per heavy atom. The zero-order valence-corrected chi connectivity index (χ0v) is 16.4. The minimum Gasteiger partial charge on any atom is -0.455 e. The fourth-order valence-electron chi connectivity index (χ4n) is 4.52. The van der Waals surface area contributed by atoms with Crippen molar-refractivity contribution in [2.24, 2.45) is 0 Å². The van der Waals surface area contributed by atoms with Gasteiger partial charge < -0.3 is 4.74 Å². The van der Waals surface area contributed by atoms with Gasteiger partial charge in [0, 0.05) is 32.8 Å². The molecule has 0 aromatic heterocycles. The molecule has 1 heterocycles. The first-order valence-electron chi connectivity index (χ1n) is 9.77. The van der Waals surface area contributed by atoms with Crippen LogP contribution in [0.3, 0.4) is 0 Å². The first-order valence-corrected chi connectivity index (χ1v) is 10.1. The van der Waals surface area contributed by atoms with E-state index in [1.54, 1.807) is 0 Å². The summed E-state index contributed by atoms with van der Waals surface area (Å²) >= 11 is 6.69. The van der Waals surface area contributed by atoms with Crippen molar-refractivity contribution < 1.29 is 4.74 Å². The summed E-state index contributed by atoms with van der Waals surface area (Å²) in [5.41, 5.74) is 3.41. The highest BCUT2D eigenvalue weighted by molar-refractivity contribution is 6.31. The van der Waals surface area contributed by atoms with Crippen molar-refractivity contribution in [1.82, 2.24) is 0 Å². The fourth-order valence-corrected chi connectivity index (χ4v) is 4.76. The van der Waals surface area contributed by atoms with Crippen LogP contribution >= 0.6 is 11.6 Å². The average molecular weight is 393 g/mol. The maximum Gasteiger partial charge on any atom is 0.139 e. The summed E-state index contributed by atoms with van der Waals surface area (Å²) in [6.07, 6.45) is 0. The van der Waals surface area contributed by atoms with Crippen LogP contribution in [-0.2, 0) is 0 Å². The molecule has 0 bridgehead atoms. The van der Waals surface area contributed by atoms with Crippen LogP contribution in [0.15, 0.2) is 97.1 Å². The molecular weight excluding hydrogens is 376 g/mol. The monoisotopic (exact) mass is 392 g/mol. The van der Waals surface area contributed by atoms with Crippen LogP contribution in [0.25, 0.3) is 21.5 Å². The Morgan fingerprint density at radius 3 is 1.62 bits per heavy atom. The van der Waals surface area contributed by atoms with Gasteiger partial charge in [0.15, 0.2) is 0 Å². The standard InChI is InChI=1S/C27H17ClO/c28-24-12-6-5-11-21(24)25-22-15-13-17-7-1-3-9-19(17)26(22)29-27-20-10-4-2-8-18(20)14-16-23(25)27/h1-16,25H. The molecule has 0 saturated heterocycles. The van der Waals surface area contributed by atoms with E-state index < -0.39 is 0 Å². The molecule has 0 amide bonds. The summed E-state index contributed by atoms with van der Waals surface area (Å²) in [4.78, 5) is 0. The van der Waals surface area contributed by atoms with Gasteiger partial charge in [0.1, 0.15) is 11.5 Å². The Hall–Kier alpha value is -3.29. The van der Waals surface area contributed by atoms with Crippen LogP contribution in [0.2, 0.25) is 5.02 Å². The average Bonchev–Trinajstić information content (AvgIpc) is 2.78. The van der Waals surface area contributed by atoms with E-state index in [0.29, 0.717) is 0 Å². The predicted octanol–water partition coefficient (Wildman–Crippen LogP) is 7.93. The molecule has 0 N–H and O–H groups in total. The lowest BCUT2D eigenvalue weighted by Crippen LogP contribution is -2.12. The van der Waals surface area contributed by atoms with Crippen LogP contribution in [-0.4, -0.2) is 0 Å². The number of ether oxygens (including phenoxy) is 1. The molecule has 2 heteroatoms. The Kier molecular flexibility index (Phi) is 3.65. The summed E-state index contributed by atoms with van der Waals surface area (Å²) in [6.45, 7) is 0. The van der Waals surface area contributed by atoms with Gasteiger partial charge in [0.05, 0.1) is 0 Å². The normalized spacial score (nSPS) is 13.1. The van der Waals surface area contributed by atoms with E-state index in [1.807, 2.05) is 12.1 Å². The minimum absolute atomic E-state index is 0.0247. The van der Waals surface area contributed by atoms with Crippen LogP contribution < -0.4 is 4.74 Å². The van der Waals surface area contributed by atoms with E-state index in [4.69, 9.17) is 16.3 Å². The van der Waals surface area contributed by atoms with Gasteiger partial charge in [0.2, 0.25) is 0 Å². The number of rotatable bonds is 1. The molecule has 0 spiro atoms. The second-order valence-electron chi connectivity index (χ2n) is 7.47. The number of hydrogen-bond donors (Lipinski definition) is 0. The van der Waals surface area contributed by atoms with Crippen molar-refractivity contribution in [1.29, 1.82) is 0 Å². The van der Waals surface area contributed by atoms with Gasteiger partial charge in [-0.1, -0.05) is 103 Å². The number of fused-ring (bicyclic) bond motifs is 6. The van der Waals surface area contributed by atoms with E-state index in [-0.39, 0.29) is 5.92 Å². The summed E-state index contributed by atoms with van der Waals surface area (Å²) in [5.74, 6) is 1.88. The van der Waals surface area contributed by atoms with Crippen LogP contribution in [0.5, 0.6) is 11.5 Å². The highest BCUT2D eigenvalue weighted by atomic mass is 35.5. The molecule has 138 valence electrons. The molecule has 1 aliphatic heterocycles.